The molecule has 0 saturated carbocycles. The summed E-state index contributed by atoms with van der Waals surface area (Å²) in [4.78, 5) is 1.79. The molecule has 0 fully saturated rings. The van der Waals surface area contributed by atoms with Crippen LogP contribution in [0.1, 0.15) is 5.56 Å². The minimum Gasteiger partial charge on any atom is -0.486 e. The first-order valence-electron chi connectivity index (χ1n) is 4.98. The molecule has 0 aliphatic rings. The lowest BCUT2D eigenvalue weighted by Gasteiger charge is -2.12. The van der Waals surface area contributed by atoms with Gasteiger partial charge in [-0.2, -0.15) is 0 Å². The number of ether oxygens (including phenoxy) is 1. The average molecular weight is 260 g/mol. The molecule has 0 saturated heterocycles. The van der Waals surface area contributed by atoms with Gasteiger partial charge in [0.05, 0.1) is 0 Å². The molecule has 3 nitrogen and oxygen atoms in total. The highest BCUT2D eigenvalue weighted by atomic mass is 32.1. The van der Waals surface area contributed by atoms with Crippen LogP contribution in [0.4, 0.5) is 8.78 Å². The van der Waals surface area contributed by atoms with E-state index < -0.39 is 17.4 Å². The Hall–Kier alpha value is -1.27. The van der Waals surface area contributed by atoms with Gasteiger partial charge >= 0.3 is 0 Å². The van der Waals surface area contributed by atoms with E-state index in [9.17, 15) is 8.78 Å². The number of nitrogens with zero attached hydrogens (tertiary/aromatic N) is 1. The van der Waals surface area contributed by atoms with Gasteiger partial charge < -0.3 is 15.4 Å². The highest BCUT2D eigenvalue weighted by Gasteiger charge is 2.13. The molecule has 1 rings (SSSR count). The minimum atomic E-state index is -0.799. The predicted molar refractivity (Wildman–Crippen MR) is 66.3 cm³/mol. The summed E-state index contributed by atoms with van der Waals surface area (Å²) in [5.41, 5.74) is 5.44. The van der Waals surface area contributed by atoms with E-state index in [1.165, 1.54) is 0 Å². The smallest absolute Gasteiger partial charge is 0.190 e. The molecule has 0 aromatic heterocycles. The molecule has 1 aromatic carbocycles. The molecule has 0 bridgehead atoms. The van der Waals surface area contributed by atoms with Gasteiger partial charge in [0, 0.05) is 12.1 Å². The lowest BCUT2D eigenvalue weighted by atomic mass is 10.2. The van der Waals surface area contributed by atoms with Crippen LogP contribution in [0, 0.1) is 11.6 Å². The van der Waals surface area contributed by atoms with Gasteiger partial charge in [-0.1, -0.05) is 12.2 Å². The van der Waals surface area contributed by atoms with Gasteiger partial charge in [0.15, 0.2) is 17.4 Å². The van der Waals surface area contributed by atoms with Gasteiger partial charge in [-0.05, 0) is 26.2 Å². The van der Waals surface area contributed by atoms with Gasteiger partial charge in [0.1, 0.15) is 11.6 Å². The Morgan fingerprint density at radius 2 is 1.88 bits per heavy atom. The Balaban J connectivity index is 2.83. The van der Waals surface area contributed by atoms with Crippen LogP contribution in [0.2, 0.25) is 0 Å². The summed E-state index contributed by atoms with van der Waals surface area (Å²) >= 11 is 4.64. The molecule has 0 radical (unpaired) electrons. The Kier molecular flexibility index (Phi) is 4.77. The molecule has 0 unspecified atom stereocenters. The lowest BCUT2D eigenvalue weighted by Crippen LogP contribution is -2.20. The van der Waals surface area contributed by atoms with Crippen LogP contribution in [0.3, 0.4) is 0 Å². The van der Waals surface area contributed by atoms with E-state index in [1.807, 2.05) is 19.0 Å². The normalized spacial score (nSPS) is 10.6. The molecule has 6 heteroatoms. The lowest BCUT2D eigenvalue weighted by molar-refractivity contribution is 0.242. The molecule has 0 amide bonds. The molecule has 0 atom stereocenters. The van der Waals surface area contributed by atoms with Gasteiger partial charge in [0.25, 0.3) is 0 Å². The van der Waals surface area contributed by atoms with Gasteiger partial charge in [0.2, 0.25) is 0 Å². The second-order valence-electron chi connectivity index (χ2n) is 3.79. The number of hydrogen-bond donors (Lipinski definition) is 1. The SMILES string of the molecule is CN(C)CCOc1c(F)cc(C(N)=S)cc1F. The van der Waals surface area contributed by atoms with Crippen LogP contribution in [-0.4, -0.2) is 37.1 Å². The van der Waals surface area contributed by atoms with Crippen LogP contribution in [-0.2, 0) is 0 Å². The van der Waals surface area contributed by atoms with Crippen molar-refractivity contribution in [3.05, 3.63) is 29.3 Å². The zero-order valence-corrected chi connectivity index (χ0v) is 10.5. The number of benzene rings is 1. The predicted octanol–water partition coefficient (Wildman–Crippen LogP) is 1.54. The largest absolute Gasteiger partial charge is 0.486 e. The standard InChI is InChI=1S/C11H14F2N2OS/c1-15(2)3-4-16-10-8(12)5-7(11(14)17)6-9(10)13/h5-6H,3-4H2,1-2H3,(H2,14,17). The summed E-state index contributed by atoms with van der Waals surface area (Å²) < 4.78 is 32.0. The monoisotopic (exact) mass is 260 g/mol. The topological polar surface area (TPSA) is 38.5 Å². The van der Waals surface area contributed by atoms with Crippen molar-refractivity contribution in [3.8, 4) is 5.75 Å². The van der Waals surface area contributed by atoms with Gasteiger partial charge in [-0.15, -0.1) is 0 Å². The molecule has 94 valence electrons. The summed E-state index contributed by atoms with van der Waals surface area (Å²) in [6.07, 6.45) is 0. The van der Waals surface area contributed by atoms with Crippen LogP contribution in [0.5, 0.6) is 5.75 Å². The zero-order chi connectivity index (χ0) is 13.0. The summed E-state index contributed by atoms with van der Waals surface area (Å²) in [6.45, 7) is 0.767. The van der Waals surface area contributed by atoms with E-state index in [0.29, 0.717) is 6.54 Å². The van der Waals surface area contributed by atoms with Crippen LogP contribution >= 0.6 is 12.2 Å². The van der Waals surface area contributed by atoms with Crippen molar-refractivity contribution in [2.75, 3.05) is 27.2 Å². The highest BCUT2D eigenvalue weighted by molar-refractivity contribution is 7.80. The molecule has 0 aliphatic carbocycles. The second kappa shape index (κ2) is 5.88. The highest BCUT2D eigenvalue weighted by Crippen LogP contribution is 2.23. The summed E-state index contributed by atoms with van der Waals surface area (Å²) in [5, 5.41) is 0. The first-order chi connectivity index (χ1) is 7.91. The van der Waals surface area contributed by atoms with Crippen molar-refractivity contribution < 1.29 is 13.5 Å². The van der Waals surface area contributed by atoms with Crippen molar-refractivity contribution in [3.63, 3.8) is 0 Å². The quantitative estimate of drug-likeness (QED) is 0.815. The van der Waals surface area contributed by atoms with Crippen molar-refractivity contribution in [2.45, 2.75) is 0 Å². The van der Waals surface area contributed by atoms with Gasteiger partial charge in [-0.3, -0.25) is 0 Å². The third-order valence-electron chi connectivity index (χ3n) is 2.07. The van der Waals surface area contributed by atoms with Crippen molar-refractivity contribution >= 4 is 17.2 Å². The number of likely N-dealkylation sites (N-methyl/N-ethyl adjacent to an activating group) is 1. The Morgan fingerprint density at radius 1 is 1.35 bits per heavy atom. The summed E-state index contributed by atoms with van der Waals surface area (Å²) in [5.74, 6) is -2.00. The van der Waals surface area contributed by atoms with E-state index in [4.69, 9.17) is 10.5 Å². The van der Waals surface area contributed by atoms with E-state index in [1.54, 1.807) is 0 Å². The second-order valence-corrected chi connectivity index (χ2v) is 4.22. The maximum absolute atomic E-state index is 13.5. The molecule has 0 spiro atoms. The minimum absolute atomic E-state index is 0.0531. The molecule has 2 N–H and O–H groups in total. The van der Waals surface area contributed by atoms with Crippen LogP contribution < -0.4 is 10.5 Å². The maximum Gasteiger partial charge on any atom is 0.190 e. The molecule has 1 aromatic rings. The van der Waals surface area contributed by atoms with Crippen LogP contribution in [0.15, 0.2) is 12.1 Å². The van der Waals surface area contributed by atoms with Gasteiger partial charge in [-0.25, -0.2) is 8.78 Å². The Labute approximate surface area is 104 Å². The Bertz CT molecular complexity index is 401. The zero-order valence-electron chi connectivity index (χ0n) is 9.67. The molecular formula is C11H14F2N2OS. The first-order valence-corrected chi connectivity index (χ1v) is 5.39. The van der Waals surface area contributed by atoms with E-state index in [2.05, 4.69) is 12.2 Å². The number of nitrogens with two attached hydrogens (primary N) is 1. The third kappa shape index (κ3) is 3.90. The van der Waals surface area contributed by atoms with E-state index >= 15 is 0 Å². The maximum atomic E-state index is 13.5. The molecular weight excluding hydrogens is 246 g/mol. The third-order valence-corrected chi connectivity index (χ3v) is 2.30. The number of hydrogen-bond acceptors (Lipinski definition) is 3. The Morgan fingerprint density at radius 3 is 2.29 bits per heavy atom. The van der Waals surface area contributed by atoms with Crippen molar-refractivity contribution in [2.24, 2.45) is 5.73 Å². The van der Waals surface area contributed by atoms with Crippen molar-refractivity contribution in [1.82, 2.24) is 4.90 Å². The summed E-state index contributed by atoms with van der Waals surface area (Å²) in [7, 11) is 3.68. The first kappa shape index (κ1) is 13.8. The van der Waals surface area contributed by atoms with Crippen LogP contribution in [0.25, 0.3) is 0 Å². The number of halogens is 2. The molecule has 0 aliphatic heterocycles. The fourth-order valence-corrected chi connectivity index (χ4v) is 1.29. The van der Waals surface area contributed by atoms with E-state index in [0.717, 1.165) is 12.1 Å². The fourth-order valence-electron chi connectivity index (χ4n) is 1.17. The van der Waals surface area contributed by atoms with E-state index in [-0.39, 0.29) is 17.2 Å². The molecule has 17 heavy (non-hydrogen) atoms. The average Bonchev–Trinajstić information content (AvgIpc) is 2.21. The fraction of sp³-hybridized carbons (Fsp3) is 0.364. The summed E-state index contributed by atoms with van der Waals surface area (Å²) in [6, 6.07) is 2.13. The van der Waals surface area contributed by atoms with Crippen molar-refractivity contribution in [1.29, 1.82) is 0 Å². The number of rotatable bonds is 5. The number of thiocarbonyl (C=S) groups is 1. The molecule has 0 heterocycles.